The average molecular weight is 183 g/mol. The SMILES string of the molecule is CC(C)C1CC(C)(C)CC(C)(N)C1. The van der Waals surface area contributed by atoms with Gasteiger partial charge in [0.1, 0.15) is 0 Å². The Bertz CT molecular complexity index is 164. The molecule has 0 heterocycles. The third-order valence-corrected chi connectivity index (χ3v) is 3.37. The summed E-state index contributed by atoms with van der Waals surface area (Å²) in [6, 6.07) is 0. The van der Waals surface area contributed by atoms with E-state index in [1.54, 1.807) is 0 Å². The van der Waals surface area contributed by atoms with Crippen molar-refractivity contribution in [2.75, 3.05) is 0 Å². The normalized spacial score (nSPS) is 39.5. The molecule has 0 aromatic heterocycles. The molecule has 1 heteroatoms. The summed E-state index contributed by atoms with van der Waals surface area (Å²) < 4.78 is 0. The molecule has 1 aliphatic rings. The van der Waals surface area contributed by atoms with Crippen molar-refractivity contribution in [3.05, 3.63) is 0 Å². The third-order valence-electron chi connectivity index (χ3n) is 3.37. The van der Waals surface area contributed by atoms with Crippen LogP contribution in [0.25, 0.3) is 0 Å². The Morgan fingerprint density at radius 1 is 1.15 bits per heavy atom. The van der Waals surface area contributed by atoms with E-state index in [1.807, 2.05) is 0 Å². The zero-order valence-corrected chi connectivity index (χ0v) is 9.85. The molecular weight excluding hydrogens is 158 g/mol. The summed E-state index contributed by atoms with van der Waals surface area (Å²) in [7, 11) is 0. The van der Waals surface area contributed by atoms with E-state index in [4.69, 9.17) is 5.73 Å². The fraction of sp³-hybridized carbons (Fsp3) is 1.00. The third kappa shape index (κ3) is 2.98. The lowest BCUT2D eigenvalue weighted by molar-refractivity contribution is 0.0858. The highest BCUT2D eigenvalue weighted by molar-refractivity contribution is 4.95. The van der Waals surface area contributed by atoms with E-state index in [2.05, 4.69) is 34.6 Å². The van der Waals surface area contributed by atoms with Crippen molar-refractivity contribution >= 4 is 0 Å². The predicted molar refractivity (Wildman–Crippen MR) is 58.6 cm³/mol. The molecule has 0 aromatic rings. The maximum Gasteiger partial charge on any atom is 0.0133 e. The van der Waals surface area contributed by atoms with Crippen molar-refractivity contribution in [2.24, 2.45) is 23.0 Å². The second-order valence-corrected chi connectivity index (χ2v) is 6.41. The maximum absolute atomic E-state index is 6.28. The first-order valence-electron chi connectivity index (χ1n) is 5.51. The molecule has 1 rings (SSSR count). The highest BCUT2D eigenvalue weighted by Crippen LogP contribution is 2.45. The molecule has 0 spiro atoms. The Balaban J connectivity index is 2.72. The monoisotopic (exact) mass is 183 g/mol. The van der Waals surface area contributed by atoms with Crippen LogP contribution in [0.15, 0.2) is 0 Å². The van der Waals surface area contributed by atoms with Gasteiger partial charge in [-0.1, -0.05) is 27.7 Å². The molecule has 2 N–H and O–H groups in total. The van der Waals surface area contributed by atoms with Gasteiger partial charge in [-0.05, 0) is 43.4 Å². The molecule has 0 bridgehead atoms. The van der Waals surface area contributed by atoms with Gasteiger partial charge in [0.25, 0.3) is 0 Å². The summed E-state index contributed by atoms with van der Waals surface area (Å²) in [6.07, 6.45) is 3.72. The van der Waals surface area contributed by atoms with Crippen LogP contribution in [0.5, 0.6) is 0 Å². The minimum atomic E-state index is 0.0662. The molecular formula is C12H25N. The molecule has 1 fully saturated rings. The smallest absolute Gasteiger partial charge is 0.0133 e. The van der Waals surface area contributed by atoms with Crippen molar-refractivity contribution < 1.29 is 0 Å². The molecule has 0 aromatic carbocycles. The van der Waals surface area contributed by atoms with E-state index in [0.29, 0.717) is 5.41 Å². The summed E-state index contributed by atoms with van der Waals surface area (Å²) in [5.74, 6) is 1.60. The first kappa shape index (κ1) is 11.0. The number of rotatable bonds is 1. The minimum absolute atomic E-state index is 0.0662. The molecule has 0 radical (unpaired) electrons. The largest absolute Gasteiger partial charge is 0.325 e. The molecule has 1 aliphatic carbocycles. The Morgan fingerprint density at radius 3 is 2.08 bits per heavy atom. The van der Waals surface area contributed by atoms with Gasteiger partial charge in [-0.2, -0.15) is 0 Å². The summed E-state index contributed by atoms with van der Waals surface area (Å²) >= 11 is 0. The van der Waals surface area contributed by atoms with Crippen molar-refractivity contribution in [3.8, 4) is 0 Å². The lowest BCUT2D eigenvalue weighted by Gasteiger charge is -2.46. The first-order valence-corrected chi connectivity index (χ1v) is 5.51. The highest BCUT2D eigenvalue weighted by Gasteiger charge is 2.39. The summed E-state index contributed by atoms with van der Waals surface area (Å²) in [6.45, 7) is 11.6. The van der Waals surface area contributed by atoms with Gasteiger partial charge in [0.2, 0.25) is 0 Å². The second-order valence-electron chi connectivity index (χ2n) is 6.41. The molecule has 0 saturated heterocycles. The molecule has 1 nitrogen and oxygen atoms in total. The Kier molecular flexibility index (Phi) is 2.78. The van der Waals surface area contributed by atoms with Crippen molar-refractivity contribution in [2.45, 2.75) is 59.4 Å². The zero-order valence-electron chi connectivity index (χ0n) is 9.85. The predicted octanol–water partition coefficient (Wildman–Crippen LogP) is 3.19. The highest BCUT2D eigenvalue weighted by atomic mass is 14.7. The van der Waals surface area contributed by atoms with Gasteiger partial charge in [0.15, 0.2) is 0 Å². The van der Waals surface area contributed by atoms with Crippen LogP contribution in [0.1, 0.15) is 53.9 Å². The van der Waals surface area contributed by atoms with Crippen LogP contribution in [-0.4, -0.2) is 5.54 Å². The van der Waals surface area contributed by atoms with E-state index in [9.17, 15) is 0 Å². The van der Waals surface area contributed by atoms with E-state index >= 15 is 0 Å². The minimum Gasteiger partial charge on any atom is -0.325 e. The van der Waals surface area contributed by atoms with Crippen LogP contribution in [0, 0.1) is 17.3 Å². The molecule has 1 saturated carbocycles. The van der Waals surface area contributed by atoms with Crippen molar-refractivity contribution in [1.82, 2.24) is 0 Å². The maximum atomic E-state index is 6.28. The Hall–Kier alpha value is -0.0400. The van der Waals surface area contributed by atoms with E-state index in [0.717, 1.165) is 11.8 Å². The van der Waals surface area contributed by atoms with Crippen molar-refractivity contribution in [3.63, 3.8) is 0 Å². The number of nitrogens with two attached hydrogens (primary N) is 1. The van der Waals surface area contributed by atoms with Crippen LogP contribution >= 0.6 is 0 Å². The molecule has 2 atom stereocenters. The average Bonchev–Trinajstić information content (AvgIpc) is 1.79. The summed E-state index contributed by atoms with van der Waals surface area (Å²) in [5.41, 5.74) is 6.79. The van der Waals surface area contributed by atoms with Crippen LogP contribution in [0.2, 0.25) is 0 Å². The van der Waals surface area contributed by atoms with Gasteiger partial charge in [-0.3, -0.25) is 0 Å². The Labute approximate surface area is 83.1 Å². The molecule has 13 heavy (non-hydrogen) atoms. The number of hydrogen-bond donors (Lipinski definition) is 1. The van der Waals surface area contributed by atoms with Crippen LogP contribution in [-0.2, 0) is 0 Å². The van der Waals surface area contributed by atoms with Crippen molar-refractivity contribution in [1.29, 1.82) is 0 Å². The molecule has 2 unspecified atom stereocenters. The Morgan fingerprint density at radius 2 is 1.69 bits per heavy atom. The van der Waals surface area contributed by atoms with Gasteiger partial charge >= 0.3 is 0 Å². The fourth-order valence-corrected chi connectivity index (χ4v) is 3.09. The lowest BCUT2D eigenvalue weighted by atomic mass is 9.62. The van der Waals surface area contributed by atoms with Gasteiger partial charge in [0.05, 0.1) is 0 Å². The second kappa shape index (κ2) is 3.27. The van der Waals surface area contributed by atoms with Gasteiger partial charge in [0, 0.05) is 5.54 Å². The zero-order chi connectivity index (χ0) is 10.3. The van der Waals surface area contributed by atoms with Gasteiger partial charge in [-0.25, -0.2) is 0 Å². The van der Waals surface area contributed by atoms with Crippen LogP contribution < -0.4 is 5.73 Å². The molecule has 0 aliphatic heterocycles. The first-order chi connectivity index (χ1) is 5.72. The summed E-state index contributed by atoms with van der Waals surface area (Å²) in [4.78, 5) is 0. The number of hydrogen-bond acceptors (Lipinski definition) is 1. The fourth-order valence-electron chi connectivity index (χ4n) is 3.09. The van der Waals surface area contributed by atoms with E-state index in [-0.39, 0.29) is 5.54 Å². The topological polar surface area (TPSA) is 26.0 Å². The standard InChI is InChI=1S/C12H25N/c1-9(2)10-6-11(3,4)8-12(5,13)7-10/h9-10H,6-8,13H2,1-5H3. The van der Waals surface area contributed by atoms with Crippen LogP contribution in [0.4, 0.5) is 0 Å². The lowest BCUT2D eigenvalue weighted by Crippen LogP contribution is -2.48. The van der Waals surface area contributed by atoms with Gasteiger partial charge < -0.3 is 5.73 Å². The quantitative estimate of drug-likeness (QED) is 0.664. The van der Waals surface area contributed by atoms with E-state index in [1.165, 1.54) is 19.3 Å². The molecule has 0 amide bonds. The van der Waals surface area contributed by atoms with Gasteiger partial charge in [-0.15, -0.1) is 0 Å². The van der Waals surface area contributed by atoms with E-state index < -0.39 is 0 Å². The molecule has 78 valence electrons. The summed E-state index contributed by atoms with van der Waals surface area (Å²) in [5, 5.41) is 0. The van der Waals surface area contributed by atoms with Crippen LogP contribution in [0.3, 0.4) is 0 Å².